The van der Waals surface area contributed by atoms with Crippen molar-refractivity contribution in [2.24, 2.45) is 0 Å². The monoisotopic (exact) mass is 242 g/mol. The van der Waals surface area contributed by atoms with Crippen molar-refractivity contribution < 1.29 is 0 Å². The summed E-state index contributed by atoms with van der Waals surface area (Å²) in [5, 5.41) is 2.66. The lowest BCUT2D eigenvalue weighted by Gasteiger charge is -2.12. The zero-order valence-electron chi connectivity index (χ0n) is 11.8. The van der Waals surface area contributed by atoms with Crippen LogP contribution < -0.4 is 0 Å². The Hall–Kier alpha value is -1.38. The molecule has 0 saturated carbocycles. The molecule has 0 N–H and O–H groups in total. The topological polar surface area (TPSA) is 6.48 Å². The SMILES string of the molecule is CN(C)Cc1ccc2cc(CN(C)C)ccc2c1. The Morgan fingerprint density at radius 1 is 0.667 bits per heavy atom. The molecule has 0 atom stereocenters. The molecule has 0 amide bonds. The molecule has 0 unspecified atom stereocenters. The summed E-state index contributed by atoms with van der Waals surface area (Å²) in [6.45, 7) is 1.99. The summed E-state index contributed by atoms with van der Waals surface area (Å²) in [6, 6.07) is 13.5. The van der Waals surface area contributed by atoms with Crippen molar-refractivity contribution in [2.75, 3.05) is 28.2 Å². The first-order valence-corrected chi connectivity index (χ1v) is 6.35. The van der Waals surface area contributed by atoms with Crippen molar-refractivity contribution in [3.63, 3.8) is 0 Å². The van der Waals surface area contributed by atoms with Gasteiger partial charge >= 0.3 is 0 Å². The lowest BCUT2D eigenvalue weighted by Crippen LogP contribution is -2.11. The van der Waals surface area contributed by atoms with E-state index >= 15 is 0 Å². The summed E-state index contributed by atoms with van der Waals surface area (Å²) in [5.74, 6) is 0. The number of nitrogens with zero attached hydrogens (tertiary/aromatic N) is 2. The molecule has 2 rings (SSSR count). The smallest absolute Gasteiger partial charge is 0.0227 e. The molecule has 2 heteroatoms. The molecule has 0 fully saturated rings. The summed E-state index contributed by atoms with van der Waals surface area (Å²) in [4.78, 5) is 4.39. The summed E-state index contributed by atoms with van der Waals surface area (Å²) >= 11 is 0. The van der Waals surface area contributed by atoms with Crippen LogP contribution >= 0.6 is 0 Å². The van der Waals surface area contributed by atoms with Crippen molar-refractivity contribution in [2.45, 2.75) is 13.1 Å². The van der Waals surface area contributed by atoms with E-state index in [0.29, 0.717) is 0 Å². The highest BCUT2D eigenvalue weighted by atomic mass is 15.1. The minimum atomic E-state index is 0.995. The van der Waals surface area contributed by atoms with Crippen LogP contribution in [0.15, 0.2) is 36.4 Å². The third-order valence-corrected chi connectivity index (χ3v) is 2.97. The summed E-state index contributed by atoms with van der Waals surface area (Å²) in [7, 11) is 8.41. The second-order valence-corrected chi connectivity index (χ2v) is 5.49. The van der Waals surface area contributed by atoms with Gasteiger partial charge in [-0.15, -0.1) is 0 Å². The number of benzene rings is 2. The van der Waals surface area contributed by atoms with Gasteiger partial charge in [-0.05, 0) is 62.2 Å². The van der Waals surface area contributed by atoms with Crippen molar-refractivity contribution in [3.8, 4) is 0 Å². The first-order valence-electron chi connectivity index (χ1n) is 6.35. The Morgan fingerprint density at radius 3 is 1.39 bits per heavy atom. The number of hydrogen-bond donors (Lipinski definition) is 0. The molecule has 96 valence electrons. The molecule has 0 saturated heterocycles. The van der Waals surface area contributed by atoms with E-state index in [2.05, 4.69) is 74.4 Å². The van der Waals surface area contributed by atoms with Crippen molar-refractivity contribution in [1.29, 1.82) is 0 Å². The Bertz CT molecular complexity index is 480. The van der Waals surface area contributed by atoms with Gasteiger partial charge in [0.25, 0.3) is 0 Å². The predicted molar refractivity (Wildman–Crippen MR) is 78.7 cm³/mol. The average molecular weight is 242 g/mol. The van der Waals surface area contributed by atoms with Crippen LogP contribution in [0.2, 0.25) is 0 Å². The molecule has 0 aliphatic carbocycles. The van der Waals surface area contributed by atoms with E-state index in [1.165, 1.54) is 21.9 Å². The van der Waals surface area contributed by atoms with E-state index in [1.807, 2.05) is 0 Å². The van der Waals surface area contributed by atoms with Gasteiger partial charge < -0.3 is 9.80 Å². The van der Waals surface area contributed by atoms with Gasteiger partial charge in [0.2, 0.25) is 0 Å². The lowest BCUT2D eigenvalue weighted by molar-refractivity contribution is 0.402. The maximum atomic E-state index is 2.29. The van der Waals surface area contributed by atoms with Crippen LogP contribution in [0, 0.1) is 0 Å². The van der Waals surface area contributed by atoms with Crippen molar-refractivity contribution >= 4 is 10.8 Å². The average Bonchev–Trinajstić information content (AvgIpc) is 2.27. The van der Waals surface area contributed by atoms with E-state index in [9.17, 15) is 0 Å². The second kappa shape index (κ2) is 5.51. The third-order valence-electron chi connectivity index (χ3n) is 2.97. The van der Waals surface area contributed by atoms with Gasteiger partial charge in [0.15, 0.2) is 0 Å². The molecule has 0 bridgehead atoms. The quantitative estimate of drug-likeness (QED) is 0.813. The largest absolute Gasteiger partial charge is 0.305 e. The molecule has 0 aliphatic rings. The highest BCUT2D eigenvalue weighted by Gasteiger charge is 2.01. The fourth-order valence-electron chi connectivity index (χ4n) is 2.27. The minimum absolute atomic E-state index is 0.995. The van der Waals surface area contributed by atoms with Gasteiger partial charge in [0.1, 0.15) is 0 Å². The fourth-order valence-corrected chi connectivity index (χ4v) is 2.27. The van der Waals surface area contributed by atoms with E-state index in [1.54, 1.807) is 0 Å². The van der Waals surface area contributed by atoms with Gasteiger partial charge in [-0.1, -0.05) is 24.3 Å². The minimum Gasteiger partial charge on any atom is -0.305 e. The molecular formula is C16H22N2. The van der Waals surface area contributed by atoms with Crippen LogP contribution in [0.3, 0.4) is 0 Å². The Morgan fingerprint density at radius 2 is 1.06 bits per heavy atom. The maximum absolute atomic E-state index is 2.29. The molecule has 0 heterocycles. The Labute approximate surface area is 110 Å². The first-order chi connectivity index (χ1) is 8.54. The summed E-state index contributed by atoms with van der Waals surface area (Å²) in [5.41, 5.74) is 2.74. The van der Waals surface area contributed by atoms with Gasteiger partial charge in [-0.3, -0.25) is 0 Å². The standard InChI is InChI=1S/C16H22N2/c1-17(2)11-13-5-7-16-10-14(12-18(3)4)6-8-15(16)9-13/h5-10H,11-12H2,1-4H3. The van der Waals surface area contributed by atoms with Crippen LogP contribution in [0.4, 0.5) is 0 Å². The number of fused-ring (bicyclic) bond motifs is 1. The van der Waals surface area contributed by atoms with E-state index in [4.69, 9.17) is 0 Å². The molecule has 2 nitrogen and oxygen atoms in total. The van der Waals surface area contributed by atoms with Crippen LogP contribution in [0.5, 0.6) is 0 Å². The number of hydrogen-bond acceptors (Lipinski definition) is 2. The Balaban J connectivity index is 2.30. The van der Waals surface area contributed by atoms with E-state index < -0.39 is 0 Å². The van der Waals surface area contributed by atoms with Gasteiger partial charge in [-0.25, -0.2) is 0 Å². The third kappa shape index (κ3) is 3.31. The first kappa shape index (κ1) is 13.1. The van der Waals surface area contributed by atoms with Crippen LogP contribution in [-0.4, -0.2) is 38.0 Å². The molecule has 0 radical (unpaired) electrons. The van der Waals surface area contributed by atoms with Crippen LogP contribution in [0.25, 0.3) is 10.8 Å². The van der Waals surface area contributed by atoms with Crippen LogP contribution in [-0.2, 0) is 13.1 Å². The summed E-state index contributed by atoms with van der Waals surface area (Å²) < 4.78 is 0. The van der Waals surface area contributed by atoms with E-state index in [-0.39, 0.29) is 0 Å². The second-order valence-electron chi connectivity index (χ2n) is 5.49. The molecule has 0 aromatic heterocycles. The van der Waals surface area contributed by atoms with Gasteiger partial charge in [-0.2, -0.15) is 0 Å². The molecule has 18 heavy (non-hydrogen) atoms. The molecule has 2 aromatic rings. The highest BCUT2D eigenvalue weighted by molar-refractivity contribution is 5.83. The maximum Gasteiger partial charge on any atom is 0.0227 e. The molecule has 2 aromatic carbocycles. The number of rotatable bonds is 4. The van der Waals surface area contributed by atoms with E-state index in [0.717, 1.165) is 13.1 Å². The zero-order valence-corrected chi connectivity index (χ0v) is 11.8. The van der Waals surface area contributed by atoms with Crippen LogP contribution in [0.1, 0.15) is 11.1 Å². The molecule has 0 aliphatic heterocycles. The van der Waals surface area contributed by atoms with Crippen molar-refractivity contribution in [1.82, 2.24) is 9.80 Å². The fraction of sp³-hybridized carbons (Fsp3) is 0.375. The van der Waals surface area contributed by atoms with Gasteiger partial charge in [0.05, 0.1) is 0 Å². The summed E-state index contributed by atoms with van der Waals surface area (Å²) in [6.07, 6.45) is 0. The van der Waals surface area contributed by atoms with Crippen molar-refractivity contribution in [3.05, 3.63) is 47.5 Å². The lowest BCUT2D eigenvalue weighted by atomic mass is 10.0. The Kier molecular flexibility index (Phi) is 4.00. The highest BCUT2D eigenvalue weighted by Crippen LogP contribution is 2.19. The zero-order chi connectivity index (χ0) is 13.1. The normalized spacial score (nSPS) is 11.7. The predicted octanol–water partition coefficient (Wildman–Crippen LogP) is 2.96. The molecular weight excluding hydrogens is 220 g/mol. The molecule has 0 spiro atoms. The van der Waals surface area contributed by atoms with Gasteiger partial charge in [0, 0.05) is 13.1 Å².